The minimum atomic E-state index is -1.12. The molecule has 0 aliphatic rings. The molecule has 1 aromatic heterocycles. The van der Waals surface area contributed by atoms with Gasteiger partial charge in [-0.2, -0.15) is 0 Å². The SMILES string of the molecule is Cc1ccc(C(C)NC(=O)c2cccc(F)c2F)s1. The van der Waals surface area contributed by atoms with Crippen molar-refractivity contribution in [3.05, 3.63) is 57.3 Å². The van der Waals surface area contributed by atoms with Gasteiger partial charge in [0, 0.05) is 9.75 Å². The van der Waals surface area contributed by atoms with Gasteiger partial charge >= 0.3 is 0 Å². The second-order valence-electron chi connectivity index (χ2n) is 4.24. The lowest BCUT2D eigenvalue weighted by molar-refractivity contribution is 0.0935. The number of thiophene rings is 1. The van der Waals surface area contributed by atoms with Crippen LogP contribution in [0.1, 0.15) is 33.1 Å². The molecule has 2 rings (SSSR count). The van der Waals surface area contributed by atoms with Gasteiger partial charge in [0.2, 0.25) is 0 Å². The maximum Gasteiger partial charge on any atom is 0.254 e. The fraction of sp³-hybridized carbons (Fsp3) is 0.214. The first-order valence-corrected chi connectivity index (χ1v) is 6.62. The number of carbonyl (C=O) groups is 1. The highest BCUT2D eigenvalue weighted by Gasteiger charge is 2.17. The van der Waals surface area contributed by atoms with Crippen molar-refractivity contribution in [1.82, 2.24) is 5.32 Å². The molecule has 0 aliphatic carbocycles. The van der Waals surface area contributed by atoms with Gasteiger partial charge in [-0.25, -0.2) is 8.78 Å². The average molecular weight is 281 g/mol. The molecule has 100 valence electrons. The van der Waals surface area contributed by atoms with Crippen LogP contribution in [0.5, 0.6) is 0 Å². The molecule has 1 N–H and O–H groups in total. The van der Waals surface area contributed by atoms with Gasteiger partial charge in [-0.1, -0.05) is 6.07 Å². The summed E-state index contributed by atoms with van der Waals surface area (Å²) in [6.07, 6.45) is 0. The Labute approximate surface area is 114 Å². The van der Waals surface area contributed by atoms with Gasteiger partial charge in [0.05, 0.1) is 11.6 Å². The Balaban J connectivity index is 2.15. The van der Waals surface area contributed by atoms with Crippen molar-refractivity contribution in [1.29, 1.82) is 0 Å². The highest BCUT2D eigenvalue weighted by molar-refractivity contribution is 7.12. The number of rotatable bonds is 3. The molecule has 2 nitrogen and oxygen atoms in total. The van der Waals surface area contributed by atoms with Crippen molar-refractivity contribution in [2.75, 3.05) is 0 Å². The van der Waals surface area contributed by atoms with Gasteiger partial charge in [-0.3, -0.25) is 4.79 Å². The van der Waals surface area contributed by atoms with Crippen molar-refractivity contribution in [2.24, 2.45) is 0 Å². The van der Waals surface area contributed by atoms with Crippen LogP contribution in [0.25, 0.3) is 0 Å². The number of nitrogens with one attached hydrogen (secondary N) is 1. The summed E-state index contributed by atoms with van der Waals surface area (Å²) in [6, 6.07) is 7.18. The van der Waals surface area contributed by atoms with E-state index in [1.165, 1.54) is 12.1 Å². The van der Waals surface area contributed by atoms with E-state index in [9.17, 15) is 13.6 Å². The van der Waals surface area contributed by atoms with Crippen LogP contribution in [-0.2, 0) is 0 Å². The first-order valence-electron chi connectivity index (χ1n) is 5.80. The molecule has 0 spiro atoms. The van der Waals surface area contributed by atoms with Gasteiger partial charge in [0.1, 0.15) is 0 Å². The van der Waals surface area contributed by atoms with E-state index < -0.39 is 17.5 Å². The predicted octanol–water partition coefficient (Wildman–Crippen LogP) is 3.83. The molecule has 0 aliphatic heterocycles. The van der Waals surface area contributed by atoms with Crippen LogP contribution in [0, 0.1) is 18.6 Å². The number of hydrogen-bond acceptors (Lipinski definition) is 2. The maximum atomic E-state index is 13.5. The number of hydrogen-bond donors (Lipinski definition) is 1. The van der Waals surface area contributed by atoms with Gasteiger partial charge < -0.3 is 5.32 Å². The molecule has 2 aromatic rings. The van der Waals surface area contributed by atoms with Crippen LogP contribution >= 0.6 is 11.3 Å². The third-order valence-corrected chi connectivity index (χ3v) is 3.92. The van der Waals surface area contributed by atoms with Crippen molar-refractivity contribution in [3.63, 3.8) is 0 Å². The third kappa shape index (κ3) is 2.98. The molecule has 0 radical (unpaired) electrons. The van der Waals surface area contributed by atoms with Gasteiger partial charge in [-0.15, -0.1) is 11.3 Å². The first-order chi connectivity index (χ1) is 8.99. The van der Waals surface area contributed by atoms with Crippen LogP contribution < -0.4 is 5.32 Å². The third-order valence-electron chi connectivity index (χ3n) is 2.73. The molecule has 1 heterocycles. The first kappa shape index (κ1) is 13.7. The smallest absolute Gasteiger partial charge is 0.254 e. The minimum Gasteiger partial charge on any atom is -0.345 e. The second-order valence-corrected chi connectivity index (χ2v) is 5.56. The van der Waals surface area contributed by atoms with E-state index in [2.05, 4.69) is 5.32 Å². The average Bonchev–Trinajstić information content (AvgIpc) is 2.79. The maximum absolute atomic E-state index is 13.5. The van der Waals surface area contributed by atoms with Crippen molar-refractivity contribution in [3.8, 4) is 0 Å². The largest absolute Gasteiger partial charge is 0.345 e. The topological polar surface area (TPSA) is 29.1 Å². The fourth-order valence-electron chi connectivity index (χ4n) is 1.71. The molecule has 1 atom stereocenters. The Morgan fingerprint density at radius 1 is 1.26 bits per heavy atom. The van der Waals surface area contributed by atoms with Crippen molar-refractivity contribution < 1.29 is 13.6 Å². The zero-order valence-corrected chi connectivity index (χ0v) is 11.4. The summed E-state index contributed by atoms with van der Waals surface area (Å²) in [7, 11) is 0. The van der Waals surface area contributed by atoms with Crippen molar-refractivity contribution in [2.45, 2.75) is 19.9 Å². The summed E-state index contributed by atoms with van der Waals surface area (Å²) >= 11 is 1.56. The van der Waals surface area contributed by atoms with E-state index in [4.69, 9.17) is 0 Å². The van der Waals surface area contributed by atoms with Crippen LogP contribution in [0.2, 0.25) is 0 Å². The molecular formula is C14H13F2NOS. The van der Waals surface area contributed by atoms with Crippen LogP contribution in [0.4, 0.5) is 8.78 Å². The standard InChI is InChI=1S/C14H13F2NOS/c1-8-6-7-12(19-8)9(2)17-14(18)10-4-3-5-11(15)13(10)16/h3-7,9H,1-2H3,(H,17,18). The molecule has 0 bridgehead atoms. The number of aryl methyl sites for hydroxylation is 1. The summed E-state index contributed by atoms with van der Waals surface area (Å²) < 4.78 is 26.5. The Bertz CT molecular complexity index is 609. The molecule has 5 heteroatoms. The summed E-state index contributed by atoms with van der Waals surface area (Å²) in [5.41, 5.74) is -0.278. The number of benzene rings is 1. The Kier molecular flexibility index (Phi) is 3.95. The quantitative estimate of drug-likeness (QED) is 0.910. The molecule has 19 heavy (non-hydrogen) atoms. The summed E-state index contributed by atoms with van der Waals surface area (Å²) in [5, 5.41) is 2.66. The number of amides is 1. The zero-order valence-electron chi connectivity index (χ0n) is 10.5. The lowest BCUT2D eigenvalue weighted by atomic mass is 10.1. The van der Waals surface area contributed by atoms with E-state index in [1.807, 2.05) is 19.1 Å². The fourth-order valence-corrected chi connectivity index (χ4v) is 2.59. The highest BCUT2D eigenvalue weighted by atomic mass is 32.1. The lowest BCUT2D eigenvalue weighted by Gasteiger charge is -2.12. The van der Waals surface area contributed by atoms with E-state index in [-0.39, 0.29) is 11.6 Å². The molecule has 1 amide bonds. The number of halogens is 2. The van der Waals surface area contributed by atoms with E-state index in [1.54, 1.807) is 18.3 Å². The van der Waals surface area contributed by atoms with Crippen LogP contribution in [0.3, 0.4) is 0 Å². The lowest BCUT2D eigenvalue weighted by Crippen LogP contribution is -2.27. The molecule has 1 unspecified atom stereocenters. The molecule has 0 fully saturated rings. The van der Waals surface area contributed by atoms with Crippen LogP contribution in [0.15, 0.2) is 30.3 Å². The van der Waals surface area contributed by atoms with Gasteiger partial charge in [0.15, 0.2) is 11.6 Å². The minimum absolute atomic E-state index is 0.242. The van der Waals surface area contributed by atoms with Crippen LogP contribution in [-0.4, -0.2) is 5.91 Å². The van der Waals surface area contributed by atoms with E-state index in [0.717, 1.165) is 15.8 Å². The molecule has 0 saturated carbocycles. The second kappa shape index (κ2) is 5.48. The summed E-state index contributed by atoms with van der Waals surface area (Å²) in [6.45, 7) is 3.77. The molecule has 1 aromatic carbocycles. The predicted molar refractivity (Wildman–Crippen MR) is 71.3 cm³/mol. The zero-order chi connectivity index (χ0) is 14.0. The molecule has 0 saturated heterocycles. The van der Waals surface area contributed by atoms with E-state index >= 15 is 0 Å². The monoisotopic (exact) mass is 281 g/mol. The Morgan fingerprint density at radius 2 is 2.00 bits per heavy atom. The van der Waals surface area contributed by atoms with Gasteiger partial charge in [-0.05, 0) is 38.1 Å². The summed E-state index contributed by atoms with van der Waals surface area (Å²) in [5.74, 6) is -2.75. The normalized spacial score (nSPS) is 12.2. The highest BCUT2D eigenvalue weighted by Crippen LogP contribution is 2.23. The Morgan fingerprint density at radius 3 is 2.63 bits per heavy atom. The number of carbonyl (C=O) groups excluding carboxylic acids is 1. The van der Waals surface area contributed by atoms with Gasteiger partial charge in [0.25, 0.3) is 5.91 Å². The molecular weight excluding hydrogens is 268 g/mol. The Hall–Kier alpha value is -1.75. The van der Waals surface area contributed by atoms with E-state index in [0.29, 0.717) is 0 Å². The summed E-state index contributed by atoms with van der Waals surface area (Å²) in [4.78, 5) is 14.0. The van der Waals surface area contributed by atoms with Crippen molar-refractivity contribution >= 4 is 17.2 Å².